The summed E-state index contributed by atoms with van der Waals surface area (Å²) in [7, 11) is 0. The summed E-state index contributed by atoms with van der Waals surface area (Å²) >= 11 is 5.94. The molecule has 2 aromatic carbocycles. The topological polar surface area (TPSA) is 40.7 Å². The normalized spacial score (nSPS) is 10.8. The van der Waals surface area contributed by atoms with Crippen LogP contribution in [0.1, 0.15) is 5.56 Å². The number of aromatic amines is 1. The van der Waals surface area contributed by atoms with E-state index in [1.165, 1.54) is 5.56 Å². The standard InChI is InChI=1S/C14H12ClN3/c1-9-3-2-4-11(7-9)16-14-17-12-6-5-10(15)8-13(12)18-14/h2-8H,1H3,(H2,16,17,18). The van der Waals surface area contributed by atoms with Crippen LogP contribution in [0, 0.1) is 6.92 Å². The molecule has 90 valence electrons. The van der Waals surface area contributed by atoms with Crippen molar-refractivity contribution in [3.63, 3.8) is 0 Å². The Morgan fingerprint density at radius 1 is 1.17 bits per heavy atom. The van der Waals surface area contributed by atoms with Crippen molar-refractivity contribution in [1.82, 2.24) is 9.97 Å². The quantitative estimate of drug-likeness (QED) is 0.720. The van der Waals surface area contributed by atoms with Crippen molar-refractivity contribution >= 4 is 34.3 Å². The number of rotatable bonds is 2. The van der Waals surface area contributed by atoms with Gasteiger partial charge in [0.25, 0.3) is 0 Å². The van der Waals surface area contributed by atoms with Crippen molar-refractivity contribution in [2.24, 2.45) is 0 Å². The maximum absolute atomic E-state index is 5.94. The molecule has 0 fully saturated rings. The number of nitrogens with one attached hydrogen (secondary N) is 2. The van der Waals surface area contributed by atoms with Gasteiger partial charge >= 0.3 is 0 Å². The Morgan fingerprint density at radius 3 is 2.89 bits per heavy atom. The first-order valence-corrected chi connectivity index (χ1v) is 6.07. The summed E-state index contributed by atoms with van der Waals surface area (Å²) in [5.74, 6) is 0.720. The van der Waals surface area contributed by atoms with Crippen molar-refractivity contribution in [1.29, 1.82) is 0 Å². The monoisotopic (exact) mass is 257 g/mol. The molecule has 0 spiro atoms. The van der Waals surface area contributed by atoms with E-state index in [1.807, 2.05) is 30.3 Å². The van der Waals surface area contributed by atoms with Gasteiger partial charge in [0.05, 0.1) is 11.0 Å². The molecule has 0 atom stereocenters. The van der Waals surface area contributed by atoms with Crippen LogP contribution in [-0.2, 0) is 0 Å². The maximum atomic E-state index is 5.94. The minimum Gasteiger partial charge on any atom is -0.326 e. The summed E-state index contributed by atoms with van der Waals surface area (Å²) in [6.45, 7) is 2.06. The zero-order valence-electron chi connectivity index (χ0n) is 9.87. The molecular formula is C14H12ClN3. The molecule has 0 saturated carbocycles. The van der Waals surface area contributed by atoms with Crippen LogP contribution in [0.5, 0.6) is 0 Å². The largest absolute Gasteiger partial charge is 0.326 e. The summed E-state index contributed by atoms with van der Waals surface area (Å²) in [5, 5.41) is 3.95. The minimum absolute atomic E-state index is 0.702. The van der Waals surface area contributed by atoms with E-state index >= 15 is 0 Å². The van der Waals surface area contributed by atoms with E-state index in [2.05, 4.69) is 34.3 Å². The van der Waals surface area contributed by atoms with E-state index in [0.29, 0.717) is 5.02 Å². The molecule has 3 aromatic rings. The molecule has 0 unspecified atom stereocenters. The van der Waals surface area contributed by atoms with Gasteiger partial charge in [-0.25, -0.2) is 4.98 Å². The van der Waals surface area contributed by atoms with Crippen molar-refractivity contribution in [2.75, 3.05) is 5.32 Å². The van der Waals surface area contributed by atoms with Gasteiger partial charge in [-0.1, -0.05) is 23.7 Å². The Morgan fingerprint density at radius 2 is 2.06 bits per heavy atom. The molecule has 0 aliphatic heterocycles. The van der Waals surface area contributed by atoms with Gasteiger partial charge in [-0.05, 0) is 42.8 Å². The smallest absolute Gasteiger partial charge is 0.205 e. The Balaban J connectivity index is 1.95. The Bertz CT molecular complexity index is 703. The lowest BCUT2D eigenvalue weighted by molar-refractivity contribution is 1.30. The lowest BCUT2D eigenvalue weighted by Crippen LogP contribution is -1.92. The molecule has 0 radical (unpaired) electrons. The number of fused-ring (bicyclic) bond motifs is 1. The van der Waals surface area contributed by atoms with E-state index in [4.69, 9.17) is 11.6 Å². The van der Waals surface area contributed by atoms with Crippen molar-refractivity contribution in [3.8, 4) is 0 Å². The highest BCUT2D eigenvalue weighted by molar-refractivity contribution is 6.31. The first-order valence-electron chi connectivity index (χ1n) is 5.70. The summed E-state index contributed by atoms with van der Waals surface area (Å²) in [4.78, 5) is 7.65. The molecule has 0 bridgehead atoms. The average Bonchev–Trinajstić information content (AvgIpc) is 2.70. The fourth-order valence-electron chi connectivity index (χ4n) is 1.90. The number of nitrogens with zero attached hydrogens (tertiary/aromatic N) is 1. The zero-order chi connectivity index (χ0) is 12.5. The number of halogens is 1. The van der Waals surface area contributed by atoms with Crippen LogP contribution >= 0.6 is 11.6 Å². The molecule has 3 rings (SSSR count). The van der Waals surface area contributed by atoms with Crippen molar-refractivity contribution in [3.05, 3.63) is 53.1 Å². The number of imidazole rings is 1. The van der Waals surface area contributed by atoms with Crippen molar-refractivity contribution < 1.29 is 0 Å². The van der Waals surface area contributed by atoms with Crippen LogP contribution in [-0.4, -0.2) is 9.97 Å². The predicted molar refractivity (Wildman–Crippen MR) is 75.6 cm³/mol. The number of aromatic nitrogens is 2. The number of hydrogen-bond donors (Lipinski definition) is 2. The van der Waals surface area contributed by atoms with E-state index in [0.717, 1.165) is 22.7 Å². The lowest BCUT2D eigenvalue weighted by atomic mass is 10.2. The highest BCUT2D eigenvalue weighted by atomic mass is 35.5. The highest BCUT2D eigenvalue weighted by Crippen LogP contribution is 2.21. The van der Waals surface area contributed by atoms with Gasteiger partial charge in [0.1, 0.15) is 0 Å². The van der Waals surface area contributed by atoms with Gasteiger partial charge in [0, 0.05) is 10.7 Å². The van der Waals surface area contributed by atoms with Crippen molar-refractivity contribution in [2.45, 2.75) is 6.92 Å². The number of benzene rings is 2. The molecular weight excluding hydrogens is 246 g/mol. The molecule has 3 nitrogen and oxygen atoms in total. The van der Waals surface area contributed by atoms with E-state index in [9.17, 15) is 0 Å². The van der Waals surface area contributed by atoms with Gasteiger partial charge in [-0.2, -0.15) is 0 Å². The average molecular weight is 258 g/mol. The van der Waals surface area contributed by atoms with Gasteiger partial charge in [-0.15, -0.1) is 0 Å². The van der Waals surface area contributed by atoms with Gasteiger partial charge < -0.3 is 10.3 Å². The fourth-order valence-corrected chi connectivity index (χ4v) is 2.07. The Labute approximate surface area is 110 Å². The molecule has 0 saturated heterocycles. The summed E-state index contributed by atoms with van der Waals surface area (Å²) in [6, 6.07) is 13.7. The van der Waals surface area contributed by atoms with E-state index in [-0.39, 0.29) is 0 Å². The molecule has 18 heavy (non-hydrogen) atoms. The third-order valence-corrected chi connectivity index (χ3v) is 2.96. The van der Waals surface area contributed by atoms with Gasteiger partial charge in [-0.3, -0.25) is 0 Å². The molecule has 0 aliphatic rings. The number of anilines is 2. The molecule has 0 amide bonds. The first kappa shape index (κ1) is 11.1. The summed E-state index contributed by atoms with van der Waals surface area (Å²) in [5.41, 5.74) is 4.05. The van der Waals surface area contributed by atoms with Gasteiger partial charge in [0.15, 0.2) is 0 Å². The molecule has 0 aliphatic carbocycles. The zero-order valence-corrected chi connectivity index (χ0v) is 10.6. The summed E-state index contributed by atoms with van der Waals surface area (Å²) in [6.07, 6.45) is 0. The molecule has 4 heteroatoms. The predicted octanol–water partition coefficient (Wildman–Crippen LogP) is 4.27. The van der Waals surface area contributed by atoms with Crippen LogP contribution in [0.3, 0.4) is 0 Å². The number of H-pyrrole nitrogens is 1. The minimum atomic E-state index is 0.702. The number of aryl methyl sites for hydroxylation is 1. The van der Waals surface area contributed by atoms with Crippen LogP contribution < -0.4 is 5.32 Å². The van der Waals surface area contributed by atoms with Crippen LogP contribution in [0.15, 0.2) is 42.5 Å². The third kappa shape index (κ3) is 2.17. The molecule has 2 N–H and O–H groups in total. The maximum Gasteiger partial charge on any atom is 0.205 e. The Hall–Kier alpha value is -2.00. The second kappa shape index (κ2) is 4.35. The first-order chi connectivity index (χ1) is 8.70. The van der Waals surface area contributed by atoms with Crippen LogP contribution in [0.2, 0.25) is 5.02 Å². The Kier molecular flexibility index (Phi) is 2.68. The molecule has 1 heterocycles. The second-order valence-corrected chi connectivity index (χ2v) is 4.68. The summed E-state index contributed by atoms with van der Waals surface area (Å²) < 4.78 is 0. The van der Waals surface area contributed by atoms with Gasteiger partial charge in [0.2, 0.25) is 5.95 Å². The van der Waals surface area contributed by atoms with E-state index < -0.39 is 0 Å². The molecule has 1 aromatic heterocycles. The van der Waals surface area contributed by atoms with E-state index in [1.54, 1.807) is 0 Å². The SMILES string of the molecule is Cc1cccc(Nc2nc3ccc(Cl)cc3[nH]2)c1. The second-order valence-electron chi connectivity index (χ2n) is 4.24. The third-order valence-electron chi connectivity index (χ3n) is 2.72. The highest BCUT2D eigenvalue weighted by Gasteiger charge is 2.03. The fraction of sp³-hybridized carbons (Fsp3) is 0.0714. The lowest BCUT2D eigenvalue weighted by Gasteiger charge is -2.02. The van der Waals surface area contributed by atoms with Crippen LogP contribution in [0.25, 0.3) is 11.0 Å². The number of hydrogen-bond acceptors (Lipinski definition) is 2. The van der Waals surface area contributed by atoms with Crippen LogP contribution in [0.4, 0.5) is 11.6 Å².